The van der Waals surface area contributed by atoms with Crippen LogP contribution in [0.1, 0.15) is 112 Å². The molecule has 240 valence electrons. The normalized spacial score (nSPS) is 23.0. The molecule has 0 amide bonds. The summed E-state index contributed by atoms with van der Waals surface area (Å²) in [6.07, 6.45) is 3.66. The van der Waals surface area contributed by atoms with Crippen LogP contribution < -0.4 is 0 Å². The van der Waals surface area contributed by atoms with Gasteiger partial charge in [-0.3, -0.25) is 0 Å². The van der Waals surface area contributed by atoms with Crippen molar-refractivity contribution in [2.24, 2.45) is 0 Å². The molecule has 1 aromatic carbocycles. The number of ether oxygens (including phenoxy) is 1. The summed E-state index contributed by atoms with van der Waals surface area (Å²) in [6.45, 7) is 30.6. The third-order valence-electron chi connectivity index (χ3n) is 9.81. The molecule has 3 atom stereocenters. The van der Waals surface area contributed by atoms with E-state index in [4.69, 9.17) is 18.0 Å². The number of thiophene rings is 1. The lowest BCUT2D eigenvalue weighted by molar-refractivity contribution is -0.113. The highest BCUT2D eigenvalue weighted by Gasteiger charge is 2.64. The standard InChI is InChI=1S/C36H58O4SSi2/c1-14-27-15-17-28(18-16-27)19-30-20-29(23-41-30)31-21-32(39-42(24(2)3,25(4)5)26(6)7)34-33(38-31)22-37-43(40-34,35(8,9)10)36(11,12)13/h15-18,20-21,23-26,32-34H,14,19,22H2,1-13H3/t32-,33-,34+/m1/s1. The van der Waals surface area contributed by atoms with Crippen molar-refractivity contribution in [2.45, 2.75) is 148 Å². The molecule has 0 aliphatic carbocycles. The first-order valence-corrected chi connectivity index (χ1v) is 21.3. The van der Waals surface area contributed by atoms with E-state index in [2.05, 4.69) is 132 Å². The molecule has 4 rings (SSSR count). The van der Waals surface area contributed by atoms with Gasteiger partial charge in [0, 0.05) is 32.3 Å². The van der Waals surface area contributed by atoms with Crippen molar-refractivity contribution in [3.63, 3.8) is 0 Å². The lowest BCUT2D eigenvalue weighted by Gasteiger charge is -2.57. The molecule has 43 heavy (non-hydrogen) atoms. The van der Waals surface area contributed by atoms with Crippen LogP contribution in [0.25, 0.3) is 5.76 Å². The van der Waals surface area contributed by atoms with Crippen molar-refractivity contribution < 1.29 is 18.0 Å². The van der Waals surface area contributed by atoms with Gasteiger partial charge in [0.1, 0.15) is 18.0 Å². The molecule has 1 fully saturated rings. The fraction of sp³-hybridized carbons (Fsp3) is 0.667. The monoisotopic (exact) mass is 642 g/mol. The zero-order valence-electron chi connectivity index (χ0n) is 29.2. The molecule has 2 aromatic rings. The predicted octanol–water partition coefficient (Wildman–Crippen LogP) is 10.7. The van der Waals surface area contributed by atoms with E-state index in [0.717, 1.165) is 24.2 Å². The Labute approximate surface area is 269 Å². The highest BCUT2D eigenvalue weighted by atomic mass is 32.1. The number of aryl methyl sites for hydroxylation is 1. The van der Waals surface area contributed by atoms with E-state index in [-0.39, 0.29) is 28.4 Å². The molecule has 1 aromatic heterocycles. The van der Waals surface area contributed by atoms with Gasteiger partial charge in [0.2, 0.25) is 8.32 Å². The van der Waals surface area contributed by atoms with Gasteiger partial charge in [-0.15, -0.1) is 11.3 Å². The minimum atomic E-state index is -2.71. The molecule has 2 aliphatic rings. The van der Waals surface area contributed by atoms with Crippen molar-refractivity contribution >= 4 is 34.0 Å². The van der Waals surface area contributed by atoms with Crippen molar-refractivity contribution in [2.75, 3.05) is 6.61 Å². The highest BCUT2D eigenvalue weighted by molar-refractivity contribution is 7.10. The zero-order valence-corrected chi connectivity index (χ0v) is 32.0. The second-order valence-electron chi connectivity index (χ2n) is 15.7. The number of benzene rings is 1. The topological polar surface area (TPSA) is 36.9 Å². The average molecular weight is 643 g/mol. The Balaban J connectivity index is 1.74. The Kier molecular flexibility index (Phi) is 10.4. The maximum atomic E-state index is 7.56. The van der Waals surface area contributed by atoms with Gasteiger partial charge in [0.15, 0.2) is 0 Å². The minimum Gasteiger partial charge on any atom is -0.485 e. The quantitative estimate of drug-likeness (QED) is 0.255. The molecule has 0 radical (unpaired) electrons. The first-order chi connectivity index (χ1) is 19.9. The predicted molar refractivity (Wildman–Crippen MR) is 188 cm³/mol. The lowest BCUT2D eigenvalue weighted by atomic mass is 10.0. The Bertz CT molecular complexity index is 1210. The molecular formula is C36H58O4SSi2. The third-order valence-corrected chi connectivity index (χ3v) is 22.0. The molecule has 7 heteroatoms. The summed E-state index contributed by atoms with van der Waals surface area (Å²) < 4.78 is 28.6. The molecule has 0 unspecified atom stereocenters. The molecule has 2 aliphatic heterocycles. The molecule has 3 heterocycles. The second-order valence-corrected chi connectivity index (χ2v) is 26.9. The summed E-state index contributed by atoms with van der Waals surface area (Å²) in [7, 11) is -4.93. The number of hydrogen-bond donors (Lipinski definition) is 0. The second kappa shape index (κ2) is 12.9. The summed E-state index contributed by atoms with van der Waals surface area (Å²) in [6, 6.07) is 11.3. The molecule has 4 nitrogen and oxygen atoms in total. The largest absolute Gasteiger partial charge is 0.485 e. The van der Waals surface area contributed by atoms with Gasteiger partial charge in [-0.05, 0) is 46.3 Å². The van der Waals surface area contributed by atoms with Crippen LogP contribution in [-0.4, -0.2) is 41.8 Å². The number of hydrogen-bond acceptors (Lipinski definition) is 5. The Hall–Kier alpha value is -1.23. The molecule has 0 N–H and O–H groups in total. The molecular weight excluding hydrogens is 585 g/mol. The van der Waals surface area contributed by atoms with Crippen molar-refractivity contribution in [1.82, 2.24) is 0 Å². The Morgan fingerprint density at radius 3 is 1.98 bits per heavy atom. The number of rotatable bonds is 9. The Morgan fingerprint density at radius 2 is 1.47 bits per heavy atom. The maximum absolute atomic E-state index is 7.56. The van der Waals surface area contributed by atoms with Crippen LogP contribution >= 0.6 is 11.3 Å². The Morgan fingerprint density at radius 1 is 0.907 bits per heavy atom. The van der Waals surface area contributed by atoms with Gasteiger partial charge in [-0.2, -0.15) is 0 Å². The summed E-state index contributed by atoms with van der Waals surface area (Å²) in [5.74, 6) is 0.905. The van der Waals surface area contributed by atoms with E-state index < -0.39 is 16.9 Å². The van der Waals surface area contributed by atoms with Crippen molar-refractivity contribution in [1.29, 1.82) is 0 Å². The lowest BCUT2D eigenvalue weighted by Crippen LogP contribution is -2.68. The van der Waals surface area contributed by atoms with E-state index in [1.807, 2.05) is 0 Å². The van der Waals surface area contributed by atoms with E-state index in [9.17, 15) is 0 Å². The smallest absolute Gasteiger partial charge is 0.349 e. The zero-order chi connectivity index (χ0) is 32.0. The summed E-state index contributed by atoms with van der Waals surface area (Å²) in [5.41, 5.74) is 5.28. The third kappa shape index (κ3) is 6.68. The van der Waals surface area contributed by atoms with Crippen molar-refractivity contribution in [3.05, 3.63) is 63.4 Å². The maximum Gasteiger partial charge on any atom is 0.349 e. The molecule has 0 spiro atoms. The van der Waals surface area contributed by atoms with Crippen LogP contribution in [0.3, 0.4) is 0 Å². The summed E-state index contributed by atoms with van der Waals surface area (Å²) >= 11 is 1.80. The van der Waals surface area contributed by atoms with E-state index >= 15 is 0 Å². The van der Waals surface area contributed by atoms with Crippen LogP contribution in [0.2, 0.25) is 26.7 Å². The van der Waals surface area contributed by atoms with Crippen LogP contribution in [0.4, 0.5) is 0 Å². The van der Waals surface area contributed by atoms with Crippen LogP contribution in [-0.2, 0) is 30.9 Å². The highest BCUT2D eigenvalue weighted by Crippen LogP contribution is 2.56. The SMILES string of the molecule is CCc1ccc(Cc2cc(C3=C[C@@H](O[Si](C(C)C)(C(C)C)C(C)C)[C@@H]4O[Si](C(C)(C)C)(C(C)(C)C)OC[C@H]4O3)cs2)cc1. The van der Waals surface area contributed by atoms with Crippen LogP contribution in [0.15, 0.2) is 41.8 Å². The van der Waals surface area contributed by atoms with Gasteiger partial charge < -0.3 is 18.0 Å². The first kappa shape index (κ1) is 34.6. The average Bonchev–Trinajstić information content (AvgIpc) is 3.38. The summed E-state index contributed by atoms with van der Waals surface area (Å²) in [4.78, 5) is 1.33. The van der Waals surface area contributed by atoms with Crippen LogP contribution in [0.5, 0.6) is 0 Å². The van der Waals surface area contributed by atoms with Gasteiger partial charge >= 0.3 is 8.56 Å². The van der Waals surface area contributed by atoms with E-state index in [1.54, 1.807) is 11.3 Å². The number of fused-ring (bicyclic) bond motifs is 1. The molecule has 0 bridgehead atoms. The first-order valence-electron chi connectivity index (χ1n) is 16.5. The van der Waals surface area contributed by atoms with E-state index in [0.29, 0.717) is 23.2 Å². The van der Waals surface area contributed by atoms with Gasteiger partial charge in [0.05, 0.1) is 12.7 Å². The van der Waals surface area contributed by atoms with Crippen LogP contribution in [0, 0.1) is 0 Å². The van der Waals surface area contributed by atoms with Gasteiger partial charge in [0.25, 0.3) is 0 Å². The minimum absolute atomic E-state index is 0.106. The fourth-order valence-corrected chi connectivity index (χ4v) is 19.3. The summed E-state index contributed by atoms with van der Waals surface area (Å²) in [5, 5.41) is 2.03. The van der Waals surface area contributed by atoms with Crippen molar-refractivity contribution in [3.8, 4) is 0 Å². The van der Waals surface area contributed by atoms with Gasteiger partial charge in [-0.25, -0.2) is 0 Å². The fourth-order valence-electron chi connectivity index (χ4n) is 7.94. The molecule has 0 saturated carbocycles. The van der Waals surface area contributed by atoms with E-state index in [1.165, 1.54) is 16.0 Å². The van der Waals surface area contributed by atoms with Gasteiger partial charge in [-0.1, -0.05) is 114 Å². The molecule has 1 saturated heterocycles.